The molecule has 0 unspecified atom stereocenters. The van der Waals surface area contributed by atoms with Crippen LogP contribution in [0.25, 0.3) is 66.1 Å². The third-order valence-electron chi connectivity index (χ3n) is 12.1. The van der Waals surface area contributed by atoms with E-state index in [-0.39, 0.29) is 0 Å². The molecule has 2 aliphatic carbocycles. The Morgan fingerprint density at radius 3 is 1.58 bits per heavy atom. The van der Waals surface area contributed by atoms with E-state index in [1.54, 1.807) is 0 Å². The van der Waals surface area contributed by atoms with Gasteiger partial charge in [-0.25, -0.2) is 0 Å². The second-order valence-corrected chi connectivity index (χ2v) is 14.8. The van der Waals surface area contributed by atoms with Crippen LogP contribution >= 0.6 is 0 Å². The smallest absolute Gasteiger partial charge is 0.143 e. The fourth-order valence-electron chi connectivity index (χ4n) is 9.82. The third-order valence-corrected chi connectivity index (χ3v) is 12.1. The van der Waals surface area contributed by atoms with Gasteiger partial charge in [0.2, 0.25) is 0 Å². The summed E-state index contributed by atoms with van der Waals surface area (Å²) in [6.45, 7) is 0. The molecule has 0 saturated heterocycles. The SMILES string of the molecule is c1ccc(N(c2ccc3c(c2)C2(c4ccccc4-c4ccccc42)c2ccccc2-3)c2ccccc2-c2cccc3c2oc2cc4ccccc4cc23)cc1. The van der Waals surface area contributed by atoms with Crippen LogP contribution in [0.5, 0.6) is 0 Å². The minimum Gasteiger partial charge on any atom is -0.455 e. The van der Waals surface area contributed by atoms with E-state index in [9.17, 15) is 0 Å². The van der Waals surface area contributed by atoms with Gasteiger partial charge in [0, 0.05) is 33.3 Å². The zero-order valence-corrected chi connectivity index (χ0v) is 29.9. The lowest BCUT2D eigenvalue weighted by atomic mass is 9.70. The molecule has 256 valence electrons. The second-order valence-electron chi connectivity index (χ2n) is 14.8. The summed E-state index contributed by atoms with van der Waals surface area (Å²) in [6, 6.07) is 73.2. The van der Waals surface area contributed by atoms with Gasteiger partial charge in [-0.15, -0.1) is 0 Å². The van der Waals surface area contributed by atoms with E-state index in [4.69, 9.17) is 4.42 Å². The number of furan rings is 1. The summed E-state index contributed by atoms with van der Waals surface area (Å²) in [5, 5.41) is 4.64. The summed E-state index contributed by atoms with van der Waals surface area (Å²) >= 11 is 0. The Morgan fingerprint density at radius 1 is 0.345 bits per heavy atom. The van der Waals surface area contributed by atoms with E-state index in [1.165, 1.54) is 55.3 Å². The van der Waals surface area contributed by atoms with E-state index >= 15 is 0 Å². The van der Waals surface area contributed by atoms with Gasteiger partial charge in [-0.3, -0.25) is 0 Å². The molecule has 0 fully saturated rings. The first kappa shape index (κ1) is 30.3. The lowest BCUT2D eigenvalue weighted by Gasteiger charge is -2.32. The van der Waals surface area contributed by atoms with Crippen LogP contribution in [0.4, 0.5) is 17.1 Å². The van der Waals surface area contributed by atoms with E-state index in [0.717, 1.165) is 50.1 Å². The molecule has 0 N–H and O–H groups in total. The summed E-state index contributed by atoms with van der Waals surface area (Å²) in [5.41, 5.74) is 17.4. The first-order chi connectivity index (χ1) is 27.3. The van der Waals surface area contributed by atoms with Crippen molar-refractivity contribution in [2.75, 3.05) is 4.90 Å². The maximum absolute atomic E-state index is 6.80. The van der Waals surface area contributed by atoms with Gasteiger partial charge in [0.15, 0.2) is 0 Å². The van der Waals surface area contributed by atoms with Crippen LogP contribution < -0.4 is 4.90 Å². The fourth-order valence-corrected chi connectivity index (χ4v) is 9.82. The first-order valence-electron chi connectivity index (χ1n) is 19.0. The summed E-state index contributed by atoms with van der Waals surface area (Å²) in [4.78, 5) is 2.43. The van der Waals surface area contributed by atoms with E-state index in [0.29, 0.717) is 0 Å². The number of benzene rings is 9. The van der Waals surface area contributed by atoms with Crippen LogP contribution in [0.3, 0.4) is 0 Å². The van der Waals surface area contributed by atoms with E-state index in [1.807, 2.05) is 0 Å². The number of fused-ring (bicyclic) bond motifs is 14. The Hall–Kier alpha value is -7.16. The highest BCUT2D eigenvalue weighted by Gasteiger charge is 2.51. The molecule has 2 aliphatic rings. The highest BCUT2D eigenvalue weighted by molar-refractivity contribution is 6.14. The Balaban J connectivity index is 1.11. The molecule has 1 aromatic heterocycles. The lowest BCUT2D eigenvalue weighted by Crippen LogP contribution is -2.26. The van der Waals surface area contributed by atoms with Crippen LogP contribution in [0, 0.1) is 0 Å². The maximum Gasteiger partial charge on any atom is 0.143 e. The first-order valence-corrected chi connectivity index (χ1v) is 19.0. The highest BCUT2D eigenvalue weighted by Crippen LogP contribution is 2.63. The largest absolute Gasteiger partial charge is 0.455 e. The van der Waals surface area contributed by atoms with Gasteiger partial charge in [-0.1, -0.05) is 158 Å². The number of anilines is 3. The molecule has 12 rings (SSSR count). The van der Waals surface area contributed by atoms with Gasteiger partial charge in [0.25, 0.3) is 0 Å². The fraction of sp³-hybridized carbons (Fsp3) is 0.0189. The zero-order valence-electron chi connectivity index (χ0n) is 29.9. The number of hydrogen-bond donors (Lipinski definition) is 0. The molecule has 9 aromatic carbocycles. The van der Waals surface area contributed by atoms with Gasteiger partial charge in [-0.2, -0.15) is 0 Å². The summed E-state index contributed by atoms with van der Waals surface area (Å²) in [5.74, 6) is 0. The summed E-state index contributed by atoms with van der Waals surface area (Å²) < 4.78 is 6.80. The van der Waals surface area contributed by atoms with Gasteiger partial charge in [-0.05, 0) is 97.7 Å². The van der Waals surface area contributed by atoms with Gasteiger partial charge < -0.3 is 9.32 Å². The average Bonchev–Trinajstić information content (AvgIpc) is 3.87. The molecule has 0 amide bonds. The average molecular weight is 700 g/mol. The molecule has 2 heteroatoms. The summed E-state index contributed by atoms with van der Waals surface area (Å²) in [6.07, 6.45) is 0. The number of para-hydroxylation sites is 3. The Bertz CT molecular complexity index is 3110. The Morgan fingerprint density at radius 2 is 0.891 bits per heavy atom. The van der Waals surface area contributed by atoms with Gasteiger partial charge >= 0.3 is 0 Å². The second kappa shape index (κ2) is 11.4. The van der Waals surface area contributed by atoms with Crippen LogP contribution in [-0.2, 0) is 5.41 Å². The van der Waals surface area contributed by atoms with Crippen molar-refractivity contribution in [2.45, 2.75) is 5.41 Å². The van der Waals surface area contributed by atoms with E-state index < -0.39 is 5.41 Å². The van der Waals surface area contributed by atoms with Crippen molar-refractivity contribution < 1.29 is 4.42 Å². The monoisotopic (exact) mass is 699 g/mol. The van der Waals surface area contributed by atoms with Crippen LogP contribution in [0.15, 0.2) is 205 Å². The van der Waals surface area contributed by atoms with Gasteiger partial charge in [0.1, 0.15) is 11.2 Å². The quantitative estimate of drug-likeness (QED) is 0.182. The molecule has 0 atom stereocenters. The number of hydrogen-bond acceptors (Lipinski definition) is 2. The van der Waals surface area contributed by atoms with Crippen molar-refractivity contribution in [3.05, 3.63) is 222 Å². The molecule has 0 saturated carbocycles. The molecule has 1 spiro atoms. The van der Waals surface area contributed by atoms with Crippen molar-refractivity contribution >= 4 is 49.8 Å². The van der Waals surface area contributed by atoms with Crippen LogP contribution in [-0.4, -0.2) is 0 Å². The molecule has 0 bridgehead atoms. The molecule has 0 aliphatic heterocycles. The van der Waals surface area contributed by atoms with Crippen molar-refractivity contribution in [1.29, 1.82) is 0 Å². The van der Waals surface area contributed by atoms with Crippen LogP contribution in [0.2, 0.25) is 0 Å². The third kappa shape index (κ3) is 4.14. The number of rotatable bonds is 4. The topological polar surface area (TPSA) is 16.4 Å². The standard InChI is InChI=1S/C53H33NO/c1-2-17-36(18-3-1)54(50-28-13-9-22-42(50)43-23-14-24-44-45-31-34-15-4-5-16-35(34)32-51(45)55-52(43)44)37-29-30-41-40-21-8-12-27-48(40)53(49(41)33-37)46-25-10-6-19-38(46)39-20-7-11-26-47(39)53/h1-33H. The minimum atomic E-state index is -0.430. The number of nitrogens with zero attached hydrogens (tertiary/aromatic N) is 1. The highest BCUT2D eigenvalue weighted by atomic mass is 16.3. The van der Waals surface area contributed by atoms with Crippen molar-refractivity contribution in [2.24, 2.45) is 0 Å². The predicted octanol–water partition coefficient (Wildman–Crippen LogP) is 14.2. The van der Waals surface area contributed by atoms with Crippen molar-refractivity contribution in [1.82, 2.24) is 0 Å². The zero-order chi connectivity index (χ0) is 36.1. The molecular formula is C53H33NO. The van der Waals surface area contributed by atoms with Crippen molar-refractivity contribution in [3.63, 3.8) is 0 Å². The Kier molecular flexibility index (Phi) is 6.29. The summed E-state index contributed by atoms with van der Waals surface area (Å²) in [7, 11) is 0. The van der Waals surface area contributed by atoms with Crippen molar-refractivity contribution in [3.8, 4) is 33.4 Å². The minimum absolute atomic E-state index is 0.430. The van der Waals surface area contributed by atoms with Gasteiger partial charge in [0.05, 0.1) is 11.1 Å². The maximum atomic E-state index is 6.80. The molecule has 55 heavy (non-hydrogen) atoms. The molecule has 10 aromatic rings. The normalized spacial score (nSPS) is 13.2. The predicted molar refractivity (Wildman–Crippen MR) is 228 cm³/mol. The molecule has 1 heterocycles. The molecular weight excluding hydrogens is 667 g/mol. The van der Waals surface area contributed by atoms with E-state index in [2.05, 4.69) is 205 Å². The molecule has 0 radical (unpaired) electrons. The van der Waals surface area contributed by atoms with Crippen LogP contribution in [0.1, 0.15) is 22.3 Å². The Labute approximate surface area is 319 Å². The lowest BCUT2D eigenvalue weighted by molar-refractivity contribution is 0.670. The molecule has 2 nitrogen and oxygen atoms in total.